The second-order valence-electron chi connectivity index (χ2n) is 4.81. The molecule has 1 saturated heterocycles. The number of ether oxygens (including phenoxy) is 2. The van der Waals surface area contributed by atoms with Gasteiger partial charge in [-0.3, -0.25) is 4.90 Å². The Morgan fingerprint density at radius 2 is 1.95 bits per heavy atom. The second kappa shape index (κ2) is 6.45. The molecule has 21 heavy (non-hydrogen) atoms. The molecule has 2 rings (SSSR count). The SMILES string of the molecule is COc1ccc(CO[C@@H]2C[C@@H](C(=O)O)N(C(=O)O)C2)cc1. The van der Waals surface area contributed by atoms with Gasteiger partial charge in [-0.05, 0) is 17.7 Å². The molecular weight excluding hydrogens is 278 g/mol. The molecule has 0 bridgehead atoms. The molecule has 0 spiro atoms. The van der Waals surface area contributed by atoms with Crippen LogP contribution in [-0.4, -0.2) is 53.0 Å². The van der Waals surface area contributed by atoms with Gasteiger partial charge >= 0.3 is 12.1 Å². The number of likely N-dealkylation sites (tertiary alicyclic amines) is 1. The molecule has 1 aliphatic heterocycles. The van der Waals surface area contributed by atoms with Crippen molar-refractivity contribution < 1.29 is 29.3 Å². The van der Waals surface area contributed by atoms with Crippen LogP contribution in [0.15, 0.2) is 24.3 Å². The molecule has 114 valence electrons. The molecule has 2 N–H and O–H groups in total. The van der Waals surface area contributed by atoms with E-state index < -0.39 is 24.2 Å². The third kappa shape index (κ3) is 3.63. The standard InChI is InChI=1S/C14H17NO6/c1-20-10-4-2-9(3-5-10)8-21-11-6-12(13(16)17)15(7-11)14(18)19/h2-5,11-12H,6-8H2,1H3,(H,16,17)(H,18,19)/t11-,12+/m1/s1. The molecule has 2 atom stereocenters. The number of aliphatic carboxylic acids is 1. The monoisotopic (exact) mass is 295 g/mol. The van der Waals surface area contributed by atoms with Crippen LogP contribution in [0.2, 0.25) is 0 Å². The topological polar surface area (TPSA) is 96.3 Å². The number of hydrogen-bond donors (Lipinski definition) is 2. The van der Waals surface area contributed by atoms with Gasteiger partial charge in [-0.15, -0.1) is 0 Å². The van der Waals surface area contributed by atoms with E-state index >= 15 is 0 Å². The van der Waals surface area contributed by atoms with E-state index in [1.54, 1.807) is 19.2 Å². The van der Waals surface area contributed by atoms with E-state index in [1.165, 1.54) is 0 Å². The lowest BCUT2D eigenvalue weighted by Gasteiger charge is -2.16. The average molecular weight is 295 g/mol. The first-order valence-electron chi connectivity index (χ1n) is 6.48. The first kappa shape index (κ1) is 15.1. The molecule has 0 unspecified atom stereocenters. The van der Waals surface area contributed by atoms with E-state index in [1.807, 2.05) is 12.1 Å². The van der Waals surface area contributed by atoms with Gasteiger partial charge in [-0.25, -0.2) is 9.59 Å². The molecule has 1 aromatic carbocycles. The number of carboxylic acids is 1. The van der Waals surface area contributed by atoms with Crippen molar-refractivity contribution in [1.82, 2.24) is 4.90 Å². The number of rotatable bonds is 5. The van der Waals surface area contributed by atoms with Crippen molar-refractivity contribution in [1.29, 1.82) is 0 Å². The normalized spacial score (nSPS) is 21.3. The van der Waals surface area contributed by atoms with Crippen molar-refractivity contribution in [3.63, 3.8) is 0 Å². The summed E-state index contributed by atoms with van der Waals surface area (Å²) >= 11 is 0. The summed E-state index contributed by atoms with van der Waals surface area (Å²) in [7, 11) is 1.58. The molecular formula is C14H17NO6. The number of methoxy groups -OCH3 is 1. The molecule has 1 amide bonds. The average Bonchev–Trinajstić information content (AvgIpc) is 2.90. The minimum absolute atomic E-state index is 0.0719. The molecule has 1 fully saturated rings. The first-order chi connectivity index (χ1) is 10.0. The number of nitrogens with zero attached hydrogens (tertiary/aromatic N) is 1. The second-order valence-corrected chi connectivity index (χ2v) is 4.81. The minimum Gasteiger partial charge on any atom is -0.497 e. The van der Waals surface area contributed by atoms with Gasteiger partial charge < -0.3 is 19.7 Å². The van der Waals surface area contributed by atoms with Crippen LogP contribution in [0.25, 0.3) is 0 Å². The maximum atomic E-state index is 11.0. The highest BCUT2D eigenvalue weighted by molar-refractivity contribution is 5.80. The van der Waals surface area contributed by atoms with Crippen molar-refractivity contribution in [3.05, 3.63) is 29.8 Å². The zero-order chi connectivity index (χ0) is 15.4. The Morgan fingerprint density at radius 3 is 2.43 bits per heavy atom. The fraction of sp³-hybridized carbons (Fsp3) is 0.429. The van der Waals surface area contributed by atoms with Gasteiger partial charge in [0.25, 0.3) is 0 Å². The molecule has 0 aromatic heterocycles. The van der Waals surface area contributed by atoms with Crippen molar-refractivity contribution in [2.45, 2.75) is 25.2 Å². The van der Waals surface area contributed by atoms with E-state index in [9.17, 15) is 9.59 Å². The fourth-order valence-corrected chi connectivity index (χ4v) is 2.30. The van der Waals surface area contributed by atoms with E-state index in [0.29, 0.717) is 6.61 Å². The first-order valence-corrected chi connectivity index (χ1v) is 6.48. The fourth-order valence-electron chi connectivity index (χ4n) is 2.30. The van der Waals surface area contributed by atoms with Gasteiger partial charge in [0.15, 0.2) is 0 Å². The summed E-state index contributed by atoms with van der Waals surface area (Å²) in [6.07, 6.45) is -1.49. The summed E-state index contributed by atoms with van der Waals surface area (Å²) in [6, 6.07) is 6.26. The minimum atomic E-state index is -1.24. The van der Waals surface area contributed by atoms with Gasteiger partial charge in [0, 0.05) is 6.42 Å². The van der Waals surface area contributed by atoms with Crippen LogP contribution in [0.5, 0.6) is 5.75 Å². The third-order valence-electron chi connectivity index (χ3n) is 3.44. The Morgan fingerprint density at radius 1 is 1.29 bits per heavy atom. The highest BCUT2D eigenvalue weighted by Gasteiger charge is 2.40. The predicted octanol–water partition coefficient (Wildman–Crippen LogP) is 1.42. The number of benzene rings is 1. The number of carboxylic acid groups (broad SMARTS) is 2. The highest BCUT2D eigenvalue weighted by Crippen LogP contribution is 2.22. The predicted molar refractivity (Wildman–Crippen MR) is 72.3 cm³/mol. The van der Waals surface area contributed by atoms with Gasteiger partial charge in [0.2, 0.25) is 0 Å². The summed E-state index contributed by atoms with van der Waals surface area (Å²) in [5.41, 5.74) is 0.913. The smallest absolute Gasteiger partial charge is 0.408 e. The molecule has 7 heteroatoms. The van der Waals surface area contributed by atoms with Crippen molar-refractivity contribution in [2.75, 3.05) is 13.7 Å². The molecule has 1 heterocycles. The lowest BCUT2D eigenvalue weighted by atomic mass is 10.2. The van der Waals surface area contributed by atoms with Crippen molar-refractivity contribution >= 4 is 12.1 Å². The number of amides is 1. The van der Waals surface area contributed by atoms with Gasteiger partial charge in [-0.2, -0.15) is 0 Å². The lowest BCUT2D eigenvalue weighted by Crippen LogP contribution is -2.39. The van der Waals surface area contributed by atoms with E-state index in [-0.39, 0.29) is 13.0 Å². The zero-order valence-corrected chi connectivity index (χ0v) is 11.6. The highest BCUT2D eigenvalue weighted by atomic mass is 16.5. The lowest BCUT2D eigenvalue weighted by molar-refractivity contribution is -0.141. The van der Waals surface area contributed by atoms with Crippen molar-refractivity contribution in [2.24, 2.45) is 0 Å². The Balaban J connectivity index is 1.91. The Kier molecular flexibility index (Phi) is 4.64. The Hall–Kier alpha value is -2.28. The van der Waals surface area contributed by atoms with Crippen molar-refractivity contribution in [3.8, 4) is 5.75 Å². The molecule has 7 nitrogen and oxygen atoms in total. The Labute approximate surface area is 121 Å². The molecule has 0 radical (unpaired) electrons. The zero-order valence-electron chi connectivity index (χ0n) is 11.6. The van der Waals surface area contributed by atoms with Crippen LogP contribution in [-0.2, 0) is 16.1 Å². The summed E-state index contributed by atoms with van der Waals surface area (Å²) in [6.45, 7) is 0.372. The quantitative estimate of drug-likeness (QED) is 0.852. The largest absolute Gasteiger partial charge is 0.497 e. The summed E-state index contributed by atoms with van der Waals surface area (Å²) in [5.74, 6) is -0.407. The van der Waals surface area contributed by atoms with Gasteiger partial charge in [-0.1, -0.05) is 12.1 Å². The molecule has 0 aliphatic carbocycles. The molecule has 0 saturated carbocycles. The number of carbonyl (C=O) groups is 2. The van der Waals surface area contributed by atoms with Crippen LogP contribution < -0.4 is 4.74 Å². The maximum absolute atomic E-state index is 11.0. The van der Waals surface area contributed by atoms with E-state index in [0.717, 1.165) is 16.2 Å². The summed E-state index contributed by atoms with van der Waals surface area (Å²) < 4.78 is 10.7. The summed E-state index contributed by atoms with van der Waals surface area (Å²) in [4.78, 5) is 22.9. The molecule has 1 aliphatic rings. The van der Waals surface area contributed by atoms with Gasteiger partial charge in [0.05, 0.1) is 26.4 Å². The third-order valence-corrected chi connectivity index (χ3v) is 3.44. The van der Waals surface area contributed by atoms with Crippen LogP contribution in [0.3, 0.4) is 0 Å². The van der Waals surface area contributed by atoms with Crippen LogP contribution in [0.1, 0.15) is 12.0 Å². The van der Waals surface area contributed by atoms with Crippen LogP contribution >= 0.6 is 0 Å². The van der Waals surface area contributed by atoms with E-state index in [2.05, 4.69) is 0 Å². The van der Waals surface area contributed by atoms with Crippen LogP contribution in [0, 0.1) is 0 Å². The maximum Gasteiger partial charge on any atom is 0.408 e. The molecule has 1 aromatic rings. The van der Waals surface area contributed by atoms with Gasteiger partial charge in [0.1, 0.15) is 11.8 Å². The number of hydrogen-bond acceptors (Lipinski definition) is 4. The van der Waals surface area contributed by atoms with E-state index in [4.69, 9.17) is 19.7 Å². The summed E-state index contributed by atoms with van der Waals surface area (Å²) in [5, 5.41) is 18.0. The Bertz CT molecular complexity index is 493. The van der Waals surface area contributed by atoms with Crippen LogP contribution in [0.4, 0.5) is 4.79 Å².